The molecule has 0 bridgehead atoms. The van der Waals surface area contributed by atoms with Crippen LogP contribution in [0.1, 0.15) is 0 Å². The second-order valence-electron chi connectivity index (χ2n) is 7.94. The van der Waals surface area contributed by atoms with Crippen molar-refractivity contribution in [2.75, 3.05) is 49.1 Å². The van der Waals surface area contributed by atoms with Crippen LogP contribution in [0.4, 0.5) is 29.3 Å². The van der Waals surface area contributed by atoms with E-state index in [-0.39, 0.29) is 49.1 Å². The van der Waals surface area contributed by atoms with Gasteiger partial charge in [0, 0.05) is 32.4 Å². The van der Waals surface area contributed by atoms with Gasteiger partial charge in [-0.25, -0.2) is 28.0 Å². The Kier molecular flexibility index (Phi) is 7.61. The fourth-order valence-corrected chi connectivity index (χ4v) is 5.07. The summed E-state index contributed by atoms with van der Waals surface area (Å²) in [4.78, 5) is 29.9. The molecular formula is C21H23F3N6O5S. The third-order valence-electron chi connectivity index (χ3n) is 5.59. The summed E-state index contributed by atoms with van der Waals surface area (Å²) in [5.41, 5.74) is 3.23. The predicted molar refractivity (Wildman–Crippen MR) is 121 cm³/mol. The van der Waals surface area contributed by atoms with Gasteiger partial charge in [-0.1, -0.05) is 6.07 Å². The van der Waals surface area contributed by atoms with E-state index in [1.807, 2.05) is 5.32 Å². The SMILES string of the molecule is O=C(NC[C@H]1CN(c2ccc(N3CCNN(S(=O)(=O)c4ccccn4)CC3)c(F)c2)C(=O)O1)C(F)F. The molecule has 4 rings (SSSR count). The number of anilines is 2. The molecule has 0 spiro atoms. The minimum absolute atomic E-state index is 0.0323. The largest absolute Gasteiger partial charge is 0.442 e. The molecule has 0 aliphatic carbocycles. The first kappa shape index (κ1) is 25.7. The average molecular weight is 529 g/mol. The number of hydrazine groups is 1. The number of sulfonamides is 1. The zero-order valence-electron chi connectivity index (χ0n) is 18.8. The van der Waals surface area contributed by atoms with Gasteiger partial charge < -0.3 is 15.0 Å². The number of benzene rings is 1. The highest BCUT2D eigenvalue weighted by Crippen LogP contribution is 2.28. The van der Waals surface area contributed by atoms with Gasteiger partial charge in [-0.3, -0.25) is 9.69 Å². The molecule has 194 valence electrons. The van der Waals surface area contributed by atoms with Gasteiger partial charge in [0.25, 0.3) is 15.9 Å². The van der Waals surface area contributed by atoms with E-state index in [1.54, 1.807) is 17.0 Å². The zero-order chi connectivity index (χ0) is 25.9. The van der Waals surface area contributed by atoms with Crippen LogP contribution in [0.25, 0.3) is 0 Å². The Morgan fingerprint density at radius 2 is 2.03 bits per heavy atom. The Balaban J connectivity index is 1.41. The summed E-state index contributed by atoms with van der Waals surface area (Å²) in [5.74, 6) is -2.12. The quantitative estimate of drug-likeness (QED) is 0.545. The van der Waals surface area contributed by atoms with Crippen molar-refractivity contribution in [2.45, 2.75) is 17.6 Å². The molecule has 2 N–H and O–H groups in total. The van der Waals surface area contributed by atoms with Crippen molar-refractivity contribution < 1.29 is 35.9 Å². The van der Waals surface area contributed by atoms with Crippen LogP contribution >= 0.6 is 0 Å². The van der Waals surface area contributed by atoms with E-state index >= 15 is 4.39 Å². The number of rotatable bonds is 7. The molecule has 0 unspecified atom stereocenters. The standard InChI is InChI=1S/C21H23F3N6O5S/c22-16-11-14(29-13-15(35-21(29)32)12-26-20(31)19(23)24)4-5-17(16)28-8-7-27-30(10-9-28)36(33,34)18-3-1-2-6-25-18/h1-6,11,15,19,27H,7-10,12-13H2,(H,26,31)/t15-/m0/s1. The van der Waals surface area contributed by atoms with Crippen molar-refractivity contribution in [3.63, 3.8) is 0 Å². The number of carbonyl (C=O) groups is 2. The first-order valence-corrected chi connectivity index (χ1v) is 12.4. The van der Waals surface area contributed by atoms with Crippen molar-refractivity contribution in [3.05, 3.63) is 48.4 Å². The van der Waals surface area contributed by atoms with Crippen molar-refractivity contribution in [1.82, 2.24) is 20.1 Å². The van der Waals surface area contributed by atoms with Crippen LogP contribution in [0.3, 0.4) is 0 Å². The molecule has 2 aliphatic heterocycles. The van der Waals surface area contributed by atoms with E-state index in [4.69, 9.17) is 4.74 Å². The van der Waals surface area contributed by atoms with Gasteiger partial charge in [0.2, 0.25) is 0 Å². The van der Waals surface area contributed by atoms with Crippen LogP contribution in [0, 0.1) is 5.82 Å². The molecule has 3 heterocycles. The normalized spacial score (nSPS) is 19.3. The Hall–Kier alpha value is -3.43. The van der Waals surface area contributed by atoms with Gasteiger partial charge in [-0.05, 0) is 30.3 Å². The number of halogens is 3. The summed E-state index contributed by atoms with van der Waals surface area (Å²) in [5, 5.41) is 1.87. The van der Waals surface area contributed by atoms with Crippen LogP contribution < -0.4 is 20.5 Å². The third kappa shape index (κ3) is 5.52. The monoisotopic (exact) mass is 528 g/mol. The van der Waals surface area contributed by atoms with E-state index in [0.29, 0.717) is 6.54 Å². The summed E-state index contributed by atoms with van der Waals surface area (Å²) < 4.78 is 71.5. The molecular weight excluding hydrogens is 505 g/mol. The molecule has 36 heavy (non-hydrogen) atoms. The number of aromatic nitrogens is 1. The highest BCUT2D eigenvalue weighted by Gasteiger charge is 2.34. The van der Waals surface area contributed by atoms with Crippen LogP contribution in [0.2, 0.25) is 0 Å². The number of cyclic esters (lactones) is 1. The van der Waals surface area contributed by atoms with Crippen molar-refractivity contribution in [3.8, 4) is 0 Å². The number of hydrogen-bond donors (Lipinski definition) is 2. The molecule has 2 saturated heterocycles. The molecule has 2 aromatic rings. The molecule has 1 aromatic carbocycles. The van der Waals surface area contributed by atoms with Gasteiger partial charge in [0.15, 0.2) is 5.03 Å². The Morgan fingerprint density at radius 1 is 1.22 bits per heavy atom. The maximum Gasteiger partial charge on any atom is 0.414 e. The molecule has 0 radical (unpaired) electrons. The topological polar surface area (TPSA) is 124 Å². The van der Waals surface area contributed by atoms with Gasteiger partial charge in [-0.2, -0.15) is 8.78 Å². The zero-order valence-corrected chi connectivity index (χ0v) is 19.6. The summed E-state index contributed by atoms with van der Waals surface area (Å²) in [6.45, 7) is 0.386. The fourth-order valence-electron chi connectivity index (χ4n) is 3.82. The summed E-state index contributed by atoms with van der Waals surface area (Å²) >= 11 is 0. The highest BCUT2D eigenvalue weighted by atomic mass is 32.2. The second-order valence-corrected chi connectivity index (χ2v) is 9.75. The number of hydrogen-bond acceptors (Lipinski definition) is 8. The van der Waals surface area contributed by atoms with E-state index < -0.39 is 40.4 Å². The Morgan fingerprint density at radius 3 is 2.72 bits per heavy atom. The minimum atomic E-state index is -3.88. The molecule has 1 atom stereocenters. The minimum Gasteiger partial charge on any atom is -0.442 e. The maximum absolute atomic E-state index is 15.1. The smallest absolute Gasteiger partial charge is 0.414 e. The number of pyridine rings is 1. The average Bonchev–Trinajstić information content (AvgIpc) is 3.06. The summed E-state index contributed by atoms with van der Waals surface area (Å²) in [6, 6.07) is 8.67. The molecule has 1 aromatic heterocycles. The number of ether oxygens (including phenoxy) is 1. The molecule has 11 nitrogen and oxygen atoms in total. The molecule has 0 saturated carbocycles. The molecule has 2 aliphatic rings. The number of alkyl halides is 2. The Bertz CT molecular complexity index is 1220. The number of nitrogens with one attached hydrogen (secondary N) is 2. The fraction of sp³-hybridized carbons (Fsp3) is 0.381. The third-order valence-corrected chi connectivity index (χ3v) is 7.26. The first-order chi connectivity index (χ1) is 17.2. The second kappa shape index (κ2) is 10.7. The Labute approximate surface area is 204 Å². The number of nitrogens with zero attached hydrogens (tertiary/aromatic N) is 4. The summed E-state index contributed by atoms with van der Waals surface area (Å²) in [7, 11) is -3.88. The lowest BCUT2D eigenvalue weighted by Crippen LogP contribution is -2.43. The van der Waals surface area contributed by atoms with Gasteiger partial charge in [0.1, 0.15) is 11.9 Å². The first-order valence-electron chi connectivity index (χ1n) is 10.9. The van der Waals surface area contributed by atoms with Crippen LogP contribution in [-0.2, 0) is 19.6 Å². The number of amides is 2. The van der Waals surface area contributed by atoms with Crippen LogP contribution in [0.15, 0.2) is 47.6 Å². The van der Waals surface area contributed by atoms with Crippen LogP contribution in [0.5, 0.6) is 0 Å². The van der Waals surface area contributed by atoms with E-state index in [9.17, 15) is 26.8 Å². The summed E-state index contributed by atoms with van der Waals surface area (Å²) in [6.07, 6.45) is -3.47. The van der Waals surface area contributed by atoms with Crippen molar-refractivity contribution >= 4 is 33.4 Å². The van der Waals surface area contributed by atoms with Crippen molar-refractivity contribution in [2.24, 2.45) is 0 Å². The van der Waals surface area contributed by atoms with E-state index in [2.05, 4.69) is 10.4 Å². The lowest BCUT2D eigenvalue weighted by atomic mass is 10.2. The van der Waals surface area contributed by atoms with E-state index in [1.165, 1.54) is 24.4 Å². The lowest BCUT2D eigenvalue weighted by molar-refractivity contribution is -0.132. The van der Waals surface area contributed by atoms with Crippen LogP contribution in [-0.4, -0.2) is 81.6 Å². The number of carbonyl (C=O) groups excluding carboxylic acids is 2. The predicted octanol–water partition coefficient (Wildman–Crippen LogP) is 0.943. The highest BCUT2D eigenvalue weighted by molar-refractivity contribution is 7.89. The van der Waals surface area contributed by atoms with Gasteiger partial charge >= 0.3 is 12.5 Å². The van der Waals surface area contributed by atoms with Crippen molar-refractivity contribution in [1.29, 1.82) is 0 Å². The molecule has 2 amide bonds. The lowest BCUT2D eigenvalue weighted by Gasteiger charge is -2.24. The van der Waals surface area contributed by atoms with E-state index in [0.717, 1.165) is 15.4 Å². The molecule has 15 heteroatoms. The maximum atomic E-state index is 15.1. The van der Waals surface area contributed by atoms with Gasteiger partial charge in [-0.15, -0.1) is 4.41 Å². The molecule has 2 fully saturated rings. The van der Waals surface area contributed by atoms with Gasteiger partial charge in [0.05, 0.1) is 24.5 Å².